The van der Waals surface area contributed by atoms with Gasteiger partial charge in [-0.05, 0) is 47.9 Å². The highest BCUT2D eigenvalue weighted by atomic mass is 35.5. The molecule has 190 valence electrons. The van der Waals surface area contributed by atoms with E-state index < -0.39 is 15.6 Å². The molecule has 3 aliphatic rings. The summed E-state index contributed by atoms with van der Waals surface area (Å²) in [5.41, 5.74) is 1.04. The Labute approximate surface area is 214 Å². The summed E-state index contributed by atoms with van der Waals surface area (Å²) in [6.45, 7) is 4.78. The molecule has 3 heterocycles. The van der Waals surface area contributed by atoms with Crippen LogP contribution in [0.3, 0.4) is 0 Å². The lowest BCUT2D eigenvalue weighted by atomic mass is 9.90. The van der Waals surface area contributed by atoms with Crippen LogP contribution >= 0.6 is 11.6 Å². The first-order chi connectivity index (χ1) is 17.1. The van der Waals surface area contributed by atoms with E-state index in [1.54, 1.807) is 42.2 Å². The Bertz CT molecular complexity index is 1370. The Morgan fingerprint density at radius 3 is 2.28 bits per heavy atom. The fourth-order valence-corrected chi connectivity index (χ4v) is 6.55. The van der Waals surface area contributed by atoms with Crippen LogP contribution in [0.15, 0.2) is 58.5 Å². The van der Waals surface area contributed by atoms with Crippen molar-refractivity contribution in [2.75, 3.05) is 39.4 Å². The second-order valence-electron chi connectivity index (χ2n) is 9.26. The molecule has 0 saturated carbocycles. The van der Waals surface area contributed by atoms with Crippen molar-refractivity contribution in [3.63, 3.8) is 0 Å². The van der Waals surface area contributed by atoms with Crippen molar-refractivity contribution in [1.29, 1.82) is 0 Å². The average Bonchev–Trinajstić information content (AvgIpc) is 3.43. The molecule has 2 aromatic carbocycles. The largest absolute Gasteiger partial charge is 0.486 e. The monoisotopic (exact) mass is 531 g/mol. The standard InChI is InChI=1S/C25H26ClN3O6S/c1-16(30)27-25(2,19-4-3-5-20(26)10-19)24(31)28-12-17-14-29(15-18(17)13-28)36(32,33)21-6-7-22-23(11-21)35-9-8-34-22/h3-7,10-11H,8-9,12-15H2,1-2H3,(H,27,30)/t25-/m1/s1. The number of rotatable bonds is 5. The van der Waals surface area contributed by atoms with E-state index in [4.69, 9.17) is 21.1 Å². The van der Waals surface area contributed by atoms with Crippen LogP contribution in [0, 0.1) is 0 Å². The van der Waals surface area contributed by atoms with Gasteiger partial charge in [-0.3, -0.25) is 9.59 Å². The molecule has 0 unspecified atom stereocenters. The zero-order valence-electron chi connectivity index (χ0n) is 19.9. The van der Waals surface area contributed by atoms with Crippen molar-refractivity contribution in [2.45, 2.75) is 24.3 Å². The lowest BCUT2D eigenvalue weighted by molar-refractivity contribution is -0.140. The Morgan fingerprint density at radius 2 is 1.64 bits per heavy atom. The van der Waals surface area contributed by atoms with Gasteiger partial charge in [-0.1, -0.05) is 23.7 Å². The van der Waals surface area contributed by atoms with Gasteiger partial charge in [-0.2, -0.15) is 4.31 Å². The van der Waals surface area contributed by atoms with E-state index in [1.807, 2.05) is 0 Å². The van der Waals surface area contributed by atoms with E-state index in [1.165, 1.54) is 23.4 Å². The van der Waals surface area contributed by atoms with Crippen molar-refractivity contribution >= 4 is 33.4 Å². The summed E-state index contributed by atoms with van der Waals surface area (Å²) in [5, 5.41) is 3.24. The van der Waals surface area contributed by atoms with Gasteiger partial charge >= 0.3 is 0 Å². The van der Waals surface area contributed by atoms with Crippen molar-refractivity contribution in [3.8, 4) is 11.5 Å². The van der Waals surface area contributed by atoms with Gasteiger partial charge < -0.3 is 19.7 Å². The lowest BCUT2D eigenvalue weighted by Gasteiger charge is -2.34. The molecule has 0 saturated heterocycles. The molecule has 36 heavy (non-hydrogen) atoms. The Hall–Kier alpha value is -3.08. The number of nitrogens with one attached hydrogen (secondary N) is 1. The topological polar surface area (TPSA) is 105 Å². The third-order valence-electron chi connectivity index (χ3n) is 6.69. The molecule has 1 N–H and O–H groups in total. The predicted molar refractivity (Wildman–Crippen MR) is 132 cm³/mol. The minimum absolute atomic E-state index is 0.139. The SMILES string of the molecule is CC(=O)N[C@@](C)(C(=O)N1CC2=C(C1)CN(S(=O)(=O)c1ccc3c(c1)OCCO3)C2)c1cccc(Cl)c1. The number of benzene rings is 2. The zero-order chi connectivity index (χ0) is 25.7. The van der Waals surface area contributed by atoms with E-state index in [0.717, 1.165) is 11.1 Å². The summed E-state index contributed by atoms with van der Waals surface area (Å²) in [4.78, 5) is 27.4. The molecule has 5 rings (SSSR count). The van der Waals surface area contributed by atoms with Gasteiger partial charge in [0, 0.05) is 44.2 Å². The van der Waals surface area contributed by atoms with Crippen molar-refractivity contribution in [2.24, 2.45) is 0 Å². The van der Waals surface area contributed by atoms with Crippen LogP contribution in [0.4, 0.5) is 0 Å². The average molecular weight is 532 g/mol. The van der Waals surface area contributed by atoms with Gasteiger partial charge in [0.2, 0.25) is 15.9 Å². The number of carbonyl (C=O) groups is 2. The molecular formula is C25H26ClN3O6S. The second kappa shape index (κ2) is 9.10. The Morgan fingerprint density at radius 1 is 0.972 bits per heavy atom. The number of fused-ring (bicyclic) bond motifs is 1. The number of hydrogen-bond acceptors (Lipinski definition) is 6. The number of sulfonamides is 1. The number of carbonyl (C=O) groups excluding carboxylic acids is 2. The van der Waals surface area contributed by atoms with Crippen LogP contribution in [-0.4, -0.2) is 68.8 Å². The molecule has 0 aliphatic carbocycles. The van der Waals surface area contributed by atoms with Crippen LogP contribution in [0.25, 0.3) is 0 Å². The summed E-state index contributed by atoms with van der Waals surface area (Å²) >= 11 is 6.16. The fraction of sp³-hybridized carbons (Fsp3) is 0.360. The highest BCUT2D eigenvalue weighted by Crippen LogP contribution is 2.36. The maximum atomic E-state index is 13.7. The molecular weight excluding hydrogens is 506 g/mol. The van der Waals surface area contributed by atoms with E-state index >= 15 is 0 Å². The molecule has 0 radical (unpaired) electrons. The second-order valence-corrected chi connectivity index (χ2v) is 11.6. The normalized spacial score (nSPS) is 19.1. The Balaban J connectivity index is 1.31. The molecule has 2 amide bonds. The molecule has 0 aromatic heterocycles. The van der Waals surface area contributed by atoms with Gasteiger partial charge in [0.25, 0.3) is 5.91 Å². The summed E-state index contributed by atoms with van der Waals surface area (Å²) in [5.74, 6) is 0.313. The molecule has 1 atom stereocenters. The first kappa shape index (κ1) is 24.6. The minimum Gasteiger partial charge on any atom is -0.486 e. The quantitative estimate of drug-likeness (QED) is 0.594. The summed E-state index contributed by atoms with van der Waals surface area (Å²) < 4.78 is 39.1. The molecule has 2 aromatic rings. The van der Waals surface area contributed by atoms with Crippen molar-refractivity contribution < 1.29 is 27.5 Å². The van der Waals surface area contributed by atoms with Crippen LogP contribution in [-0.2, 0) is 25.2 Å². The molecule has 11 heteroatoms. The van der Waals surface area contributed by atoms with E-state index in [2.05, 4.69) is 5.32 Å². The van der Waals surface area contributed by atoms with Crippen molar-refractivity contribution in [3.05, 3.63) is 64.2 Å². The lowest BCUT2D eigenvalue weighted by Crippen LogP contribution is -2.55. The van der Waals surface area contributed by atoms with Crippen LogP contribution < -0.4 is 14.8 Å². The molecule has 3 aliphatic heterocycles. The molecule has 9 nitrogen and oxygen atoms in total. The minimum atomic E-state index is -3.76. The fourth-order valence-electron chi connectivity index (χ4n) is 4.91. The van der Waals surface area contributed by atoms with Gasteiger partial charge in [0.05, 0.1) is 4.90 Å². The number of hydrogen-bond donors (Lipinski definition) is 1. The highest BCUT2D eigenvalue weighted by Gasteiger charge is 2.44. The number of halogens is 1. The zero-order valence-corrected chi connectivity index (χ0v) is 21.5. The number of ether oxygens (including phenoxy) is 2. The third-order valence-corrected chi connectivity index (χ3v) is 8.72. The predicted octanol–water partition coefficient (Wildman–Crippen LogP) is 2.31. The summed E-state index contributed by atoms with van der Waals surface area (Å²) in [6.07, 6.45) is 0. The van der Waals surface area contributed by atoms with E-state index in [-0.39, 0.29) is 42.9 Å². The number of amides is 2. The van der Waals surface area contributed by atoms with Crippen LogP contribution in [0.1, 0.15) is 19.4 Å². The van der Waals surface area contributed by atoms with Crippen LogP contribution in [0.2, 0.25) is 5.02 Å². The highest BCUT2D eigenvalue weighted by molar-refractivity contribution is 7.89. The summed E-state index contributed by atoms with van der Waals surface area (Å²) in [6, 6.07) is 11.5. The van der Waals surface area contributed by atoms with E-state index in [0.29, 0.717) is 35.3 Å². The smallest absolute Gasteiger partial charge is 0.253 e. The van der Waals surface area contributed by atoms with Gasteiger partial charge in [0.1, 0.15) is 18.8 Å². The Kier molecular flexibility index (Phi) is 6.22. The van der Waals surface area contributed by atoms with Gasteiger partial charge in [-0.25, -0.2) is 8.42 Å². The van der Waals surface area contributed by atoms with Gasteiger partial charge in [0.15, 0.2) is 11.5 Å². The van der Waals surface area contributed by atoms with Crippen LogP contribution in [0.5, 0.6) is 11.5 Å². The van der Waals surface area contributed by atoms with E-state index in [9.17, 15) is 18.0 Å². The molecule has 0 bridgehead atoms. The first-order valence-corrected chi connectivity index (χ1v) is 13.3. The maximum absolute atomic E-state index is 13.7. The maximum Gasteiger partial charge on any atom is 0.253 e. The van der Waals surface area contributed by atoms with Gasteiger partial charge in [-0.15, -0.1) is 0 Å². The molecule has 0 fully saturated rings. The number of nitrogens with zero attached hydrogens (tertiary/aromatic N) is 2. The first-order valence-electron chi connectivity index (χ1n) is 11.5. The van der Waals surface area contributed by atoms with Crippen molar-refractivity contribution in [1.82, 2.24) is 14.5 Å². The summed E-state index contributed by atoms with van der Waals surface area (Å²) in [7, 11) is -3.76. The molecule has 0 spiro atoms. The third kappa shape index (κ3) is 4.33.